The van der Waals surface area contributed by atoms with Crippen LogP contribution in [0.3, 0.4) is 0 Å². The minimum atomic E-state index is -0.162. The molecule has 0 N–H and O–H groups in total. The van der Waals surface area contributed by atoms with E-state index in [2.05, 4.69) is 11.6 Å². The van der Waals surface area contributed by atoms with Gasteiger partial charge in [0.15, 0.2) is 0 Å². The van der Waals surface area contributed by atoms with Gasteiger partial charge in [0.1, 0.15) is 11.5 Å². The van der Waals surface area contributed by atoms with Crippen molar-refractivity contribution in [2.75, 3.05) is 13.1 Å². The van der Waals surface area contributed by atoms with Gasteiger partial charge in [0, 0.05) is 29.9 Å². The molecule has 1 saturated heterocycles. The lowest BCUT2D eigenvalue weighted by molar-refractivity contribution is -0.127. The van der Waals surface area contributed by atoms with Crippen LogP contribution >= 0.6 is 11.6 Å². The Bertz CT molecular complexity index is 1470. The van der Waals surface area contributed by atoms with Gasteiger partial charge in [0.25, 0.3) is 0 Å². The predicted molar refractivity (Wildman–Crippen MR) is 137 cm³/mol. The van der Waals surface area contributed by atoms with Crippen LogP contribution in [-0.4, -0.2) is 38.0 Å². The number of imidazole rings is 1. The second-order valence-corrected chi connectivity index (χ2v) is 9.00. The fourth-order valence-corrected chi connectivity index (χ4v) is 4.82. The second-order valence-electron chi connectivity index (χ2n) is 8.60. The van der Waals surface area contributed by atoms with Crippen molar-refractivity contribution in [1.29, 1.82) is 0 Å². The summed E-state index contributed by atoms with van der Waals surface area (Å²) in [5.41, 5.74) is 2.91. The molecule has 1 amide bonds. The first-order valence-electron chi connectivity index (χ1n) is 11.5. The van der Waals surface area contributed by atoms with E-state index < -0.39 is 0 Å². The minimum Gasteiger partial charge on any atom is -0.457 e. The molecular formula is C27H25ClN4O3. The normalized spacial score (nSPS) is 15.8. The van der Waals surface area contributed by atoms with Crippen LogP contribution in [0.15, 0.2) is 78.4 Å². The number of rotatable bonds is 5. The first-order valence-corrected chi connectivity index (χ1v) is 11.9. The van der Waals surface area contributed by atoms with Gasteiger partial charge in [-0.25, -0.2) is 4.79 Å². The van der Waals surface area contributed by atoms with E-state index in [0.717, 1.165) is 23.9 Å². The first kappa shape index (κ1) is 22.9. The highest BCUT2D eigenvalue weighted by Gasteiger charge is 2.27. The lowest BCUT2D eigenvalue weighted by Gasteiger charge is -2.32. The third-order valence-corrected chi connectivity index (χ3v) is 6.87. The van der Waals surface area contributed by atoms with Crippen molar-refractivity contribution in [2.45, 2.75) is 25.8 Å². The standard InChI is InChI=1S/C27H25ClN4O3/c1-3-26(33)30-15-5-6-20(17-30)32-23-13-14-29-16-24(23)31(27(32)34)19-9-11-21(12-10-19)35-25-8-4-7-22(28)18(25)2/h3-4,7-14,16,20H,1,5-6,15,17H2,2H3/t20-/m1/s1. The summed E-state index contributed by atoms with van der Waals surface area (Å²) in [6, 6.07) is 14.6. The average Bonchev–Trinajstić information content (AvgIpc) is 3.18. The molecule has 0 spiro atoms. The van der Waals surface area contributed by atoms with Crippen molar-refractivity contribution >= 4 is 28.5 Å². The van der Waals surface area contributed by atoms with E-state index in [0.29, 0.717) is 40.8 Å². The third kappa shape index (κ3) is 4.23. The molecule has 0 saturated carbocycles. The minimum absolute atomic E-state index is 0.112. The summed E-state index contributed by atoms with van der Waals surface area (Å²) in [6.45, 7) is 6.64. The molecule has 1 fully saturated rings. The number of aromatic nitrogens is 3. The summed E-state index contributed by atoms with van der Waals surface area (Å²) < 4.78 is 9.46. The summed E-state index contributed by atoms with van der Waals surface area (Å²) in [7, 11) is 0. The zero-order chi connectivity index (χ0) is 24.5. The summed E-state index contributed by atoms with van der Waals surface area (Å²) in [6.07, 6.45) is 6.34. The third-order valence-electron chi connectivity index (χ3n) is 6.46. The Morgan fingerprint density at radius 3 is 2.74 bits per heavy atom. The number of hydrogen-bond acceptors (Lipinski definition) is 4. The lowest BCUT2D eigenvalue weighted by atomic mass is 10.1. The van der Waals surface area contributed by atoms with Crippen molar-refractivity contribution in [3.05, 3.63) is 94.6 Å². The maximum Gasteiger partial charge on any atom is 0.334 e. The van der Waals surface area contributed by atoms with Gasteiger partial charge in [-0.2, -0.15) is 0 Å². The van der Waals surface area contributed by atoms with Crippen LogP contribution in [0.2, 0.25) is 5.02 Å². The van der Waals surface area contributed by atoms with E-state index >= 15 is 0 Å². The van der Waals surface area contributed by atoms with Gasteiger partial charge in [-0.05, 0) is 68.3 Å². The van der Waals surface area contributed by atoms with Crippen LogP contribution in [0, 0.1) is 6.92 Å². The first-order chi connectivity index (χ1) is 17.0. The summed E-state index contributed by atoms with van der Waals surface area (Å²) >= 11 is 6.21. The van der Waals surface area contributed by atoms with Crippen molar-refractivity contribution in [3.63, 3.8) is 0 Å². The van der Waals surface area contributed by atoms with Crippen LogP contribution in [0.5, 0.6) is 11.5 Å². The highest BCUT2D eigenvalue weighted by molar-refractivity contribution is 6.31. The number of nitrogens with zero attached hydrogens (tertiary/aromatic N) is 4. The van der Waals surface area contributed by atoms with Gasteiger partial charge >= 0.3 is 5.69 Å². The van der Waals surface area contributed by atoms with E-state index in [1.165, 1.54) is 6.08 Å². The number of fused-ring (bicyclic) bond motifs is 1. The smallest absolute Gasteiger partial charge is 0.334 e. The number of ether oxygens (including phenoxy) is 1. The highest BCUT2D eigenvalue weighted by Crippen LogP contribution is 2.31. The van der Waals surface area contributed by atoms with E-state index in [-0.39, 0.29) is 17.6 Å². The summed E-state index contributed by atoms with van der Waals surface area (Å²) in [4.78, 5) is 31.9. The van der Waals surface area contributed by atoms with Gasteiger partial charge < -0.3 is 9.64 Å². The molecule has 1 aliphatic rings. The number of carbonyl (C=O) groups is 1. The van der Waals surface area contributed by atoms with E-state index in [4.69, 9.17) is 16.3 Å². The molecule has 7 nitrogen and oxygen atoms in total. The summed E-state index contributed by atoms with van der Waals surface area (Å²) in [5, 5.41) is 0.641. The number of halogens is 1. The quantitative estimate of drug-likeness (QED) is 0.358. The Kier molecular flexibility index (Phi) is 6.17. The molecule has 1 atom stereocenters. The topological polar surface area (TPSA) is 69.4 Å². The van der Waals surface area contributed by atoms with Gasteiger partial charge in [-0.1, -0.05) is 24.2 Å². The van der Waals surface area contributed by atoms with Crippen molar-refractivity contribution in [2.24, 2.45) is 0 Å². The van der Waals surface area contributed by atoms with E-state index in [9.17, 15) is 9.59 Å². The molecule has 2 aromatic heterocycles. The molecule has 3 heterocycles. The van der Waals surface area contributed by atoms with Crippen molar-refractivity contribution < 1.29 is 9.53 Å². The SMILES string of the molecule is C=CC(=O)N1CCC[C@@H](n2c(=O)n(-c3ccc(Oc4cccc(Cl)c4C)cc3)c3cnccc32)C1. The Labute approximate surface area is 207 Å². The van der Waals surface area contributed by atoms with Crippen LogP contribution < -0.4 is 10.4 Å². The molecule has 0 radical (unpaired) electrons. The predicted octanol–water partition coefficient (Wildman–Crippen LogP) is 5.29. The maximum absolute atomic E-state index is 13.7. The molecule has 1 aliphatic heterocycles. The average molecular weight is 489 g/mol. The zero-order valence-corrected chi connectivity index (χ0v) is 20.1. The number of benzene rings is 2. The zero-order valence-electron chi connectivity index (χ0n) is 19.4. The fourth-order valence-electron chi connectivity index (χ4n) is 4.65. The summed E-state index contributed by atoms with van der Waals surface area (Å²) in [5.74, 6) is 1.21. The van der Waals surface area contributed by atoms with E-state index in [1.54, 1.807) is 26.4 Å². The highest BCUT2D eigenvalue weighted by atomic mass is 35.5. The Hall–Kier alpha value is -3.84. The molecule has 5 rings (SSSR count). The number of amides is 1. The van der Waals surface area contributed by atoms with Gasteiger partial charge in [0.05, 0.1) is 29.0 Å². The monoisotopic (exact) mass is 488 g/mol. The van der Waals surface area contributed by atoms with Gasteiger partial charge in [-0.3, -0.25) is 18.9 Å². The Morgan fingerprint density at radius 1 is 1.17 bits per heavy atom. The number of hydrogen-bond donors (Lipinski definition) is 0. The van der Waals surface area contributed by atoms with Crippen LogP contribution in [-0.2, 0) is 4.79 Å². The molecule has 0 bridgehead atoms. The maximum atomic E-state index is 13.7. The van der Waals surface area contributed by atoms with E-state index in [1.807, 2.05) is 55.5 Å². The van der Waals surface area contributed by atoms with Crippen molar-refractivity contribution in [3.8, 4) is 17.2 Å². The Morgan fingerprint density at radius 2 is 1.97 bits per heavy atom. The lowest BCUT2D eigenvalue weighted by Crippen LogP contribution is -2.42. The molecule has 0 aliphatic carbocycles. The largest absolute Gasteiger partial charge is 0.457 e. The fraction of sp³-hybridized carbons (Fsp3) is 0.222. The second kappa shape index (κ2) is 9.43. The number of piperidine rings is 1. The van der Waals surface area contributed by atoms with Crippen LogP contribution in [0.1, 0.15) is 24.4 Å². The van der Waals surface area contributed by atoms with Crippen LogP contribution in [0.25, 0.3) is 16.7 Å². The molecule has 2 aromatic carbocycles. The number of carbonyl (C=O) groups excluding carboxylic acids is 1. The van der Waals surface area contributed by atoms with Crippen LogP contribution in [0.4, 0.5) is 0 Å². The molecular weight excluding hydrogens is 464 g/mol. The molecule has 0 unspecified atom stereocenters. The number of likely N-dealkylation sites (tertiary alicyclic amines) is 1. The number of pyridine rings is 1. The molecule has 8 heteroatoms. The van der Waals surface area contributed by atoms with Crippen molar-refractivity contribution in [1.82, 2.24) is 19.0 Å². The van der Waals surface area contributed by atoms with Gasteiger partial charge in [-0.15, -0.1) is 0 Å². The molecule has 35 heavy (non-hydrogen) atoms. The molecule has 178 valence electrons. The van der Waals surface area contributed by atoms with Gasteiger partial charge in [0.2, 0.25) is 5.91 Å². The molecule has 4 aromatic rings. The Balaban J connectivity index is 1.51.